The predicted octanol–water partition coefficient (Wildman–Crippen LogP) is 10.7. The SMILES string of the molecule is [B]c1c([B])c(O)c2c([B])c(-c3cc(N(C4=CC5=C(CC4)c4ccccc4C5(C)C)c4cccc(-c5cccc6sc7ccccc7c56)c4)cc4c3Oc3ccccc3C43C4=C(C=C=C=C4)c4ccccc43)c([B])c([B])c2c1[B]. The first kappa shape index (κ1) is 47.0. The van der Waals surface area contributed by atoms with E-state index in [9.17, 15) is 5.11 Å². The van der Waals surface area contributed by atoms with Crippen LogP contribution in [-0.4, -0.2) is 52.2 Å². The van der Waals surface area contributed by atoms with Gasteiger partial charge in [-0.3, -0.25) is 0 Å². The molecule has 5 aliphatic rings. The van der Waals surface area contributed by atoms with Gasteiger partial charge in [0.2, 0.25) is 0 Å². The molecule has 15 rings (SSSR count). The second kappa shape index (κ2) is 16.9. The molecule has 0 saturated heterocycles. The molecule has 1 spiro atoms. The third-order valence-corrected chi connectivity index (χ3v) is 18.4. The Morgan fingerprint density at radius 2 is 1.23 bits per heavy atom. The third kappa shape index (κ3) is 6.26. The molecular formula is C68H39B6NO2S. The number of benzene rings is 9. The minimum Gasteiger partial charge on any atom is -0.508 e. The number of phenols is 1. The summed E-state index contributed by atoms with van der Waals surface area (Å²) in [5, 5.41) is 14.8. The zero-order valence-electron chi connectivity index (χ0n) is 42.8. The number of aromatic hydroxyl groups is 1. The Morgan fingerprint density at radius 3 is 2.08 bits per heavy atom. The lowest BCUT2D eigenvalue weighted by atomic mass is 9.61. The van der Waals surface area contributed by atoms with E-state index in [-0.39, 0.29) is 54.7 Å². The number of allylic oxidation sites excluding steroid dienone is 8. The summed E-state index contributed by atoms with van der Waals surface area (Å²) in [7, 11) is 41.6. The van der Waals surface area contributed by atoms with Crippen LogP contribution in [0.15, 0.2) is 198 Å². The number of hydrogen-bond acceptors (Lipinski definition) is 4. The number of para-hydroxylation sites is 1. The van der Waals surface area contributed by atoms with Gasteiger partial charge in [-0.05, 0) is 140 Å². The number of anilines is 2. The first-order valence-electron chi connectivity index (χ1n) is 26.2. The quantitative estimate of drug-likeness (QED) is 0.138. The van der Waals surface area contributed by atoms with Crippen LogP contribution in [0.5, 0.6) is 17.2 Å². The van der Waals surface area contributed by atoms with Crippen molar-refractivity contribution in [3.63, 3.8) is 0 Å². The fourth-order valence-electron chi connectivity index (χ4n) is 13.8. The maximum absolute atomic E-state index is 12.0. The zero-order valence-corrected chi connectivity index (χ0v) is 43.6. The average Bonchev–Trinajstić information content (AvgIpc) is 3.78. The molecule has 10 heteroatoms. The fourth-order valence-corrected chi connectivity index (χ4v) is 14.9. The average molecular weight is 999 g/mol. The van der Waals surface area contributed by atoms with E-state index in [2.05, 4.69) is 182 Å². The number of nitrogens with zero attached hydrogens (tertiary/aromatic N) is 1. The van der Waals surface area contributed by atoms with E-state index < -0.39 is 5.41 Å². The molecule has 3 nitrogen and oxygen atoms in total. The van der Waals surface area contributed by atoms with Gasteiger partial charge < -0.3 is 14.7 Å². The van der Waals surface area contributed by atoms with Gasteiger partial charge in [-0.1, -0.05) is 162 Å². The van der Waals surface area contributed by atoms with Crippen LogP contribution < -0.4 is 42.4 Å². The first-order chi connectivity index (χ1) is 37.9. The van der Waals surface area contributed by atoms with E-state index in [0.29, 0.717) is 22.6 Å². The molecule has 4 aliphatic carbocycles. The number of phenolic OH excluding ortho intramolecular Hbond substituents is 1. The summed E-state index contributed by atoms with van der Waals surface area (Å²) in [4.78, 5) is 2.41. The fraction of sp³-hybridized carbons (Fsp3) is 0.0882. The van der Waals surface area contributed by atoms with E-state index in [1.807, 2.05) is 29.5 Å². The third-order valence-electron chi connectivity index (χ3n) is 17.3. The van der Waals surface area contributed by atoms with Crippen molar-refractivity contribution in [1.82, 2.24) is 0 Å². The summed E-state index contributed by atoms with van der Waals surface area (Å²) in [6.07, 6.45) is 8.08. The number of ether oxygens (including phenoxy) is 1. The highest BCUT2D eigenvalue weighted by atomic mass is 32.1. The van der Waals surface area contributed by atoms with Crippen molar-refractivity contribution in [3.05, 3.63) is 232 Å². The maximum Gasteiger partial charge on any atom is 0.140 e. The molecule has 1 atom stereocenters. The van der Waals surface area contributed by atoms with E-state index in [1.165, 1.54) is 42.4 Å². The molecular weight excluding hydrogens is 960 g/mol. The van der Waals surface area contributed by atoms with E-state index in [4.69, 9.17) is 51.8 Å². The molecule has 1 aliphatic heterocycles. The topological polar surface area (TPSA) is 32.7 Å². The Hall–Kier alpha value is -8.23. The maximum atomic E-state index is 12.0. The summed E-state index contributed by atoms with van der Waals surface area (Å²) in [6.45, 7) is 4.67. The van der Waals surface area contributed by atoms with Crippen LogP contribution >= 0.6 is 11.3 Å². The van der Waals surface area contributed by atoms with Crippen molar-refractivity contribution in [2.24, 2.45) is 0 Å². The van der Waals surface area contributed by atoms with Crippen LogP contribution in [0.1, 0.15) is 60.1 Å². The van der Waals surface area contributed by atoms with Crippen LogP contribution in [0, 0.1) is 0 Å². The van der Waals surface area contributed by atoms with Gasteiger partial charge in [0.1, 0.15) is 64.3 Å². The second-order valence-corrected chi connectivity index (χ2v) is 22.6. The lowest BCUT2D eigenvalue weighted by molar-refractivity contribution is 0.437. The van der Waals surface area contributed by atoms with Gasteiger partial charge >= 0.3 is 0 Å². The lowest BCUT2D eigenvalue weighted by Gasteiger charge is -2.42. The van der Waals surface area contributed by atoms with Crippen molar-refractivity contribution < 1.29 is 9.84 Å². The van der Waals surface area contributed by atoms with Crippen LogP contribution in [0.2, 0.25) is 0 Å². The van der Waals surface area contributed by atoms with E-state index >= 15 is 0 Å². The number of rotatable bonds is 5. The number of fused-ring (bicyclic) bond motifs is 14. The molecule has 78 heavy (non-hydrogen) atoms. The summed E-state index contributed by atoms with van der Waals surface area (Å²) >= 11 is 1.81. The standard InChI is InChI=1S/C68H39B6NO2S/c1-67(2)46-22-7-3-17-40(46)43-30-29-37(33-50(43)67)75(36-16-13-15-35(31-36)39-21-14-28-54-55(39)44-20-6-12-27-53(44)78-54)38-32-45(56-59(69)58-57(61(71)60(56)70)62(72)63(73)64(74)65(58)76)66-51(34-38)68(49-25-10-11-26-52(49)77-66)47-23-8-4-18-41(47)42-19-5-9-24-48(42)68/h3-4,6-8,10-28,31-34,76H,29-30H2,1-2H3. The van der Waals surface area contributed by atoms with Crippen molar-refractivity contribution in [1.29, 1.82) is 0 Å². The van der Waals surface area contributed by atoms with Gasteiger partial charge in [-0.2, -0.15) is 0 Å². The van der Waals surface area contributed by atoms with E-state index in [0.717, 1.165) is 74.4 Å². The van der Waals surface area contributed by atoms with Gasteiger partial charge in [-0.15, -0.1) is 16.8 Å². The van der Waals surface area contributed by atoms with Gasteiger partial charge in [0.15, 0.2) is 0 Å². The molecule has 2 heterocycles. The summed E-state index contributed by atoms with van der Waals surface area (Å²) < 4.78 is 9.82. The normalized spacial score (nSPS) is 17.0. The molecule has 1 unspecified atom stereocenters. The summed E-state index contributed by atoms with van der Waals surface area (Å²) in [6, 6.07) is 54.2. The van der Waals surface area contributed by atoms with Crippen molar-refractivity contribution in [2.45, 2.75) is 37.5 Å². The van der Waals surface area contributed by atoms with Crippen LogP contribution in [0.3, 0.4) is 0 Å². The highest BCUT2D eigenvalue weighted by Gasteiger charge is 2.53. The monoisotopic (exact) mass is 999 g/mol. The van der Waals surface area contributed by atoms with Gasteiger partial charge in [0, 0.05) is 64.7 Å². The smallest absolute Gasteiger partial charge is 0.140 e. The second-order valence-electron chi connectivity index (χ2n) is 21.5. The highest BCUT2D eigenvalue weighted by molar-refractivity contribution is 7.26. The van der Waals surface area contributed by atoms with Crippen LogP contribution in [0.25, 0.3) is 64.3 Å². The Kier molecular flexibility index (Phi) is 10.2. The Balaban J connectivity index is 1.08. The Morgan fingerprint density at radius 1 is 0.538 bits per heavy atom. The molecule has 0 bridgehead atoms. The van der Waals surface area contributed by atoms with Gasteiger partial charge in [-0.25, -0.2) is 0 Å². The molecule has 1 aromatic heterocycles. The molecule has 9 aromatic carbocycles. The minimum absolute atomic E-state index is 0.0130. The highest BCUT2D eigenvalue weighted by Crippen LogP contribution is 2.64. The Labute approximate surface area is 465 Å². The number of hydrogen-bond donors (Lipinski definition) is 1. The molecule has 12 radical (unpaired) electrons. The van der Waals surface area contributed by atoms with Gasteiger partial charge in [0.05, 0.1) is 5.41 Å². The van der Waals surface area contributed by atoms with Crippen LogP contribution in [0.4, 0.5) is 11.4 Å². The van der Waals surface area contributed by atoms with Crippen LogP contribution in [-0.2, 0) is 10.8 Å². The minimum atomic E-state index is -0.960. The predicted molar refractivity (Wildman–Crippen MR) is 330 cm³/mol. The molecule has 352 valence electrons. The molecule has 0 saturated carbocycles. The van der Waals surface area contributed by atoms with Gasteiger partial charge in [0.25, 0.3) is 0 Å². The molecule has 1 N–H and O–H groups in total. The first-order valence-corrected chi connectivity index (χ1v) is 27.0. The Bertz CT molecular complexity index is 4640. The zero-order chi connectivity index (χ0) is 53.1. The summed E-state index contributed by atoms with van der Waals surface area (Å²) in [5.74, 6) is 0.825. The molecule has 0 fully saturated rings. The summed E-state index contributed by atoms with van der Waals surface area (Å²) in [5.41, 5.74) is 23.0. The largest absolute Gasteiger partial charge is 0.508 e. The lowest BCUT2D eigenvalue weighted by Crippen LogP contribution is -2.45. The van der Waals surface area contributed by atoms with Crippen molar-refractivity contribution in [2.75, 3.05) is 4.90 Å². The number of thiophene rings is 1. The van der Waals surface area contributed by atoms with E-state index in [1.54, 1.807) is 0 Å². The molecule has 10 aromatic rings. The van der Waals surface area contributed by atoms with Crippen molar-refractivity contribution >= 4 is 145 Å². The molecule has 0 amide bonds. The van der Waals surface area contributed by atoms with Crippen molar-refractivity contribution in [3.8, 4) is 39.5 Å².